The molecule has 0 heterocycles. The molecule has 140 valence electrons. The van der Waals surface area contributed by atoms with Crippen LogP contribution in [0.4, 0.5) is 11.4 Å². The number of anilines is 2. The topological polar surface area (TPSA) is 91.7 Å². The summed E-state index contributed by atoms with van der Waals surface area (Å²) in [6.45, 7) is 1.05. The van der Waals surface area contributed by atoms with Gasteiger partial charge in [-0.25, -0.2) is 0 Å². The third kappa shape index (κ3) is 4.68. The monoisotopic (exact) mass is 387 g/mol. The van der Waals surface area contributed by atoms with Crippen LogP contribution >= 0.6 is 11.6 Å². The van der Waals surface area contributed by atoms with Crippen molar-refractivity contribution in [3.8, 4) is 17.6 Å². The Bertz CT molecular complexity index is 908. The maximum Gasteiger partial charge on any atom is 0.244 e. The molecule has 0 aliphatic carbocycles. The average molecular weight is 388 g/mol. The highest BCUT2D eigenvalue weighted by Gasteiger charge is 2.20. The van der Waals surface area contributed by atoms with E-state index in [2.05, 4.69) is 5.32 Å². The summed E-state index contributed by atoms with van der Waals surface area (Å²) >= 11 is 6.05. The number of para-hydroxylation sites is 1. The van der Waals surface area contributed by atoms with Gasteiger partial charge in [-0.3, -0.25) is 9.59 Å². The van der Waals surface area contributed by atoms with Crippen molar-refractivity contribution in [1.29, 1.82) is 5.26 Å². The molecule has 0 radical (unpaired) electrons. The Morgan fingerprint density at radius 2 is 1.85 bits per heavy atom. The van der Waals surface area contributed by atoms with E-state index < -0.39 is 5.91 Å². The van der Waals surface area contributed by atoms with Crippen molar-refractivity contribution in [2.24, 2.45) is 0 Å². The lowest BCUT2D eigenvalue weighted by Gasteiger charge is -2.22. The summed E-state index contributed by atoms with van der Waals surface area (Å²) in [6.07, 6.45) is 0. The molecule has 2 amide bonds. The number of carbonyl (C=O) groups excluding carboxylic acids is 2. The van der Waals surface area contributed by atoms with E-state index >= 15 is 0 Å². The second-order valence-electron chi connectivity index (χ2n) is 5.47. The quantitative estimate of drug-likeness (QED) is 0.821. The van der Waals surface area contributed by atoms with Gasteiger partial charge in [0.1, 0.15) is 24.1 Å². The number of nitrogens with one attached hydrogen (secondary N) is 1. The van der Waals surface area contributed by atoms with Crippen molar-refractivity contribution in [2.75, 3.05) is 31.0 Å². The first-order chi connectivity index (χ1) is 12.9. The van der Waals surface area contributed by atoms with E-state index in [1.54, 1.807) is 24.3 Å². The molecule has 0 unspecified atom stereocenters. The van der Waals surface area contributed by atoms with E-state index in [9.17, 15) is 14.9 Å². The van der Waals surface area contributed by atoms with Gasteiger partial charge in [-0.15, -0.1) is 0 Å². The summed E-state index contributed by atoms with van der Waals surface area (Å²) in [5.41, 5.74) is 1.01. The molecule has 2 aromatic rings. The molecule has 7 nitrogen and oxygen atoms in total. The third-order valence-electron chi connectivity index (χ3n) is 3.75. The van der Waals surface area contributed by atoms with E-state index in [1.165, 1.54) is 38.2 Å². The first-order valence-corrected chi connectivity index (χ1v) is 8.27. The number of hydrogen-bond donors (Lipinski definition) is 1. The Labute approximate surface area is 162 Å². The molecule has 0 aromatic heterocycles. The Kier molecular flexibility index (Phi) is 6.63. The van der Waals surface area contributed by atoms with Gasteiger partial charge in [-0.1, -0.05) is 23.7 Å². The van der Waals surface area contributed by atoms with Crippen LogP contribution in [0.25, 0.3) is 0 Å². The molecule has 8 heteroatoms. The van der Waals surface area contributed by atoms with Gasteiger partial charge in [0.25, 0.3) is 0 Å². The van der Waals surface area contributed by atoms with E-state index in [4.69, 9.17) is 21.1 Å². The van der Waals surface area contributed by atoms with E-state index in [-0.39, 0.29) is 12.5 Å². The van der Waals surface area contributed by atoms with E-state index in [0.29, 0.717) is 33.5 Å². The highest BCUT2D eigenvalue weighted by atomic mass is 35.5. The fraction of sp³-hybridized carbons (Fsp3) is 0.211. The number of benzene rings is 2. The molecular formula is C19H18ClN3O4. The normalized spacial score (nSPS) is 9.89. The lowest BCUT2D eigenvalue weighted by atomic mass is 10.1. The van der Waals surface area contributed by atoms with E-state index in [1.807, 2.05) is 6.07 Å². The van der Waals surface area contributed by atoms with Gasteiger partial charge in [0.2, 0.25) is 11.8 Å². The summed E-state index contributed by atoms with van der Waals surface area (Å²) in [6, 6.07) is 11.6. The maximum atomic E-state index is 12.5. The van der Waals surface area contributed by atoms with Crippen molar-refractivity contribution in [3.05, 3.63) is 47.0 Å². The van der Waals surface area contributed by atoms with Crippen molar-refractivity contribution in [1.82, 2.24) is 0 Å². The highest BCUT2D eigenvalue weighted by Crippen LogP contribution is 2.35. The van der Waals surface area contributed by atoms with Crippen LogP contribution < -0.4 is 19.7 Å². The molecule has 1 N–H and O–H groups in total. The number of methoxy groups -OCH3 is 2. The van der Waals surface area contributed by atoms with Gasteiger partial charge in [-0.2, -0.15) is 5.26 Å². The standard InChI is InChI=1S/C19H18ClN3O4/c1-12(24)23(16-7-5-4-6-13(16)10-21)11-19(25)22-15-9-17(26-2)14(20)8-18(15)27-3/h4-9H,11H2,1-3H3,(H,22,25). The van der Waals surface area contributed by atoms with Gasteiger partial charge in [0, 0.05) is 19.1 Å². The minimum absolute atomic E-state index is 0.276. The zero-order valence-electron chi connectivity index (χ0n) is 15.1. The number of amides is 2. The lowest BCUT2D eigenvalue weighted by molar-refractivity contribution is -0.120. The summed E-state index contributed by atoms with van der Waals surface area (Å²) in [7, 11) is 2.90. The largest absolute Gasteiger partial charge is 0.495 e. The smallest absolute Gasteiger partial charge is 0.244 e. The first-order valence-electron chi connectivity index (χ1n) is 7.89. The molecule has 0 fully saturated rings. The SMILES string of the molecule is COc1cc(NC(=O)CN(C(C)=O)c2ccccc2C#N)c(OC)cc1Cl. The molecular weight excluding hydrogens is 370 g/mol. The van der Waals surface area contributed by atoms with Crippen LogP contribution in [-0.4, -0.2) is 32.6 Å². The minimum atomic E-state index is -0.472. The van der Waals surface area contributed by atoms with Crippen molar-refractivity contribution in [3.63, 3.8) is 0 Å². The van der Waals surface area contributed by atoms with Crippen LogP contribution in [0.1, 0.15) is 12.5 Å². The molecule has 0 saturated carbocycles. The highest BCUT2D eigenvalue weighted by molar-refractivity contribution is 6.32. The maximum absolute atomic E-state index is 12.5. The Balaban J connectivity index is 2.28. The van der Waals surface area contributed by atoms with Gasteiger partial charge in [-0.05, 0) is 12.1 Å². The summed E-state index contributed by atoms with van der Waals surface area (Å²) < 4.78 is 10.4. The second kappa shape index (κ2) is 8.92. The molecule has 0 atom stereocenters. The van der Waals surface area contributed by atoms with Gasteiger partial charge < -0.3 is 19.7 Å². The molecule has 2 rings (SSSR count). The predicted octanol–water partition coefficient (Wildman–Crippen LogP) is 3.22. The fourth-order valence-electron chi connectivity index (χ4n) is 2.46. The Hall–Kier alpha value is -3.24. The van der Waals surface area contributed by atoms with Crippen LogP contribution in [0.3, 0.4) is 0 Å². The van der Waals surface area contributed by atoms with Crippen LogP contribution in [0, 0.1) is 11.3 Å². The number of halogens is 1. The van der Waals surface area contributed by atoms with Crippen molar-refractivity contribution in [2.45, 2.75) is 6.92 Å². The number of nitrogens with zero attached hydrogens (tertiary/aromatic N) is 2. The first kappa shape index (κ1) is 20.1. The Morgan fingerprint density at radius 3 is 2.44 bits per heavy atom. The number of nitriles is 1. The summed E-state index contributed by atoms with van der Waals surface area (Å²) in [4.78, 5) is 25.8. The van der Waals surface area contributed by atoms with Gasteiger partial charge in [0.05, 0.1) is 36.2 Å². The van der Waals surface area contributed by atoms with Crippen LogP contribution in [-0.2, 0) is 9.59 Å². The summed E-state index contributed by atoms with van der Waals surface area (Å²) in [5.74, 6) is -0.124. The van der Waals surface area contributed by atoms with Crippen molar-refractivity contribution < 1.29 is 19.1 Å². The zero-order valence-corrected chi connectivity index (χ0v) is 15.8. The van der Waals surface area contributed by atoms with Gasteiger partial charge >= 0.3 is 0 Å². The van der Waals surface area contributed by atoms with Gasteiger partial charge in [0.15, 0.2) is 0 Å². The molecule has 0 saturated heterocycles. The predicted molar refractivity (Wildman–Crippen MR) is 102 cm³/mol. The number of hydrogen-bond acceptors (Lipinski definition) is 5. The number of carbonyl (C=O) groups is 2. The Morgan fingerprint density at radius 1 is 1.19 bits per heavy atom. The molecule has 0 aliphatic heterocycles. The minimum Gasteiger partial charge on any atom is -0.495 e. The average Bonchev–Trinajstić information content (AvgIpc) is 2.66. The third-order valence-corrected chi connectivity index (χ3v) is 4.04. The zero-order chi connectivity index (χ0) is 20.0. The van der Waals surface area contributed by atoms with Crippen LogP contribution in [0.2, 0.25) is 5.02 Å². The fourth-order valence-corrected chi connectivity index (χ4v) is 2.69. The van der Waals surface area contributed by atoms with Crippen molar-refractivity contribution >= 4 is 34.8 Å². The van der Waals surface area contributed by atoms with Crippen LogP contribution in [0.5, 0.6) is 11.5 Å². The molecule has 27 heavy (non-hydrogen) atoms. The number of ether oxygens (including phenoxy) is 2. The molecule has 2 aromatic carbocycles. The second-order valence-corrected chi connectivity index (χ2v) is 5.88. The molecule has 0 aliphatic rings. The molecule has 0 spiro atoms. The van der Waals surface area contributed by atoms with Crippen LogP contribution in [0.15, 0.2) is 36.4 Å². The molecule has 0 bridgehead atoms. The number of rotatable bonds is 6. The lowest BCUT2D eigenvalue weighted by Crippen LogP contribution is -2.37. The summed E-state index contributed by atoms with van der Waals surface area (Å²) in [5, 5.41) is 12.2. The van der Waals surface area contributed by atoms with E-state index in [0.717, 1.165) is 0 Å².